The molecule has 0 aliphatic heterocycles. The number of aromatic nitrogens is 3. The number of hydrogen-bond donors (Lipinski definition) is 2. The molecule has 1 amide bonds. The molecule has 0 fully saturated rings. The van der Waals surface area contributed by atoms with Gasteiger partial charge in [-0.05, 0) is 20.3 Å². The quantitative estimate of drug-likeness (QED) is 0.892. The fourth-order valence-corrected chi connectivity index (χ4v) is 2.72. The number of nitrogen functional groups attached to an aromatic ring is 1. The molecule has 106 valence electrons. The van der Waals surface area contributed by atoms with Crippen LogP contribution < -0.4 is 11.1 Å². The summed E-state index contributed by atoms with van der Waals surface area (Å²) in [5.74, 6) is -0.0294. The zero-order valence-electron chi connectivity index (χ0n) is 11.7. The van der Waals surface area contributed by atoms with Crippen molar-refractivity contribution in [3.8, 4) is 0 Å². The van der Waals surface area contributed by atoms with Gasteiger partial charge in [-0.1, -0.05) is 6.92 Å². The monoisotopic (exact) mass is 291 g/mol. The SMILES string of the molecule is CCc1nc(C)c(CNC(=O)c2cnc(N)nc2C)s1. The smallest absolute Gasteiger partial charge is 0.254 e. The number of nitrogens with zero attached hydrogens (tertiary/aromatic N) is 3. The molecule has 2 aromatic heterocycles. The molecule has 6 nitrogen and oxygen atoms in total. The molecule has 0 saturated heterocycles. The Kier molecular flexibility index (Phi) is 4.29. The molecule has 0 radical (unpaired) electrons. The van der Waals surface area contributed by atoms with E-state index < -0.39 is 0 Å². The second-order valence-electron chi connectivity index (χ2n) is 4.38. The number of nitrogens with one attached hydrogen (secondary N) is 1. The summed E-state index contributed by atoms with van der Waals surface area (Å²) in [7, 11) is 0. The summed E-state index contributed by atoms with van der Waals surface area (Å²) >= 11 is 1.63. The van der Waals surface area contributed by atoms with Crippen molar-refractivity contribution in [1.82, 2.24) is 20.3 Å². The van der Waals surface area contributed by atoms with Crippen molar-refractivity contribution in [3.63, 3.8) is 0 Å². The van der Waals surface area contributed by atoms with Crippen LogP contribution >= 0.6 is 11.3 Å². The van der Waals surface area contributed by atoms with Crippen molar-refractivity contribution in [2.45, 2.75) is 33.7 Å². The average molecular weight is 291 g/mol. The van der Waals surface area contributed by atoms with Gasteiger partial charge in [0.15, 0.2) is 0 Å². The Bertz CT molecular complexity index is 638. The summed E-state index contributed by atoms with van der Waals surface area (Å²) in [6.45, 7) is 6.22. The maximum Gasteiger partial charge on any atom is 0.254 e. The summed E-state index contributed by atoms with van der Waals surface area (Å²) in [5.41, 5.74) is 7.46. The fraction of sp³-hybridized carbons (Fsp3) is 0.385. The maximum absolute atomic E-state index is 12.1. The minimum Gasteiger partial charge on any atom is -0.368 e. The van der Waals surface area contributed by atoms with Crippen LogP contribution in [-0.4, -0.2) is 20.9 Å². The van der Waals surface area contributed by atoms with Crippen LogP contribution in [0.3, 0.4) is 0 Å². The lowest BCUT2D eigenvalue weighted by molar-refractivity contribution is 0.0950. The lowest BCUT2D eigenvalue weighted by Crippen LogP contribution is -2.24. The molecule has 20 heavy (non-hydrogen) atoms. The highest BCUT2D eigenvalue weighted by molar-refractivity contribution is 7.11. The van der Waals surface area contributed by atoms with Crippen LogP contribution in [-0.2, 0) is 13.0 Å². The number of carbonyl (C=O) groups excluding carboxylic acids is 1. The molecule has 7 heteroatoms. The molecule has 0 unspecified atom stereocenters. The highest BCUT2D eigenvalue weighted by Gasteiger charge is 2.12. The number of rotatable bonds is 4. The van der Waals surface area contributed by atoms with Crippen molar-refractivity contribution >= 4 is 23.2 Å². The van der Waals surface area contributed by atoms with Crippen LogP contribution in [0.15, 0.2) is 6.20 Å². The first-order valence-corrected chi connectivity index (χ1v) is 7.15. The Morgan fingerprint density at radius 3 is 2.70 bits per heavy atom. The van der Waals surface area contributed by atoms with E-state index in [4.69, 9.17) is 5.73 Å². The maximum atomic E-state index is 12.1. The van der Waals surface area contributed by atoms with E-state index in [0.717, 1.165) is 22.0 Å². The predicted molar refractivity (Wildman–Crippen MR) is 78.6 cm³/mol. The van der Waals surface area contributed by atoms with Gasteiger partial charge in [0.1, 0.15) is 0 Å². The van der Waals surface area contributed by atoms with Gasteiger partial charge < -0.3 is 11.1 Å². The first-order valence-electron chi connectivity index (χ1n) is 6.33. The second-order valence-corrected chi connectivity index (χ2v) is 5.55. The lowest BCUT2D eigenvalue weighted by atomic mass is 10.2. The third-order valence-electron chi connectivity index (χ3n) is 2.89. The van der Waals surface area contributed by atoms with Crippen LogP contribution in [0.5, 0.6) is 0 Å². The van der Waals surface area contributed by atoms with E-state index in [9.17, 15) is 4.79 Å². The number of thiazole rings is 1. The van der Waals surface area contributed by atoms with E-state index in [-0.39, 0.29) is 11.9 Å². The van der Waals surface area contributed by atoms with Gasteiger partial charge in [0.25, 0.3) is 5.91 Å². The Morgan fingerprint density at radius 2 is 2.10 bits per heavy atom. The molecule has 2 rings (SSSR count). The molecular weight excluding hydrogens is 274 g/mol. The molecule has 0 aliphatic carbocycles. The van der Waals surface area contributed by atoms with Gasteiger partial charge in [-0.2, -0.15) is 0 Å². The van der Waals surface area contributed by atoms with E-state index in [1.165, 1.54) is 6.20 Å². The number of hydrogen-bond acceptors (Lipinski definition) is 6. The minimum absolute atomic E-state index is 0.171. The third-order valence-corrected chi connectivity index (χ3v) is 4.19. The molecule has 3 N–H and O–H groups in total. The van der Waals surface area contributed by atoms with Crippen molar-refractivity contribution in [2.75, 3.05) is 5.73 Å². The van der Waals surface area contributed by atoms with Gasteiger partial charge in [0.05, 0.1) is 28.5 Å². The van der Waals surface area contributed by atoms with E-state index in [1.807, 2.05) is 6.92 Å². The third kappa shape index (κ3) is 3.11. The predicted octanol–water partition coefficient (Wildman–Crippen LogP) is 1.62. The van der Waals surface area contributed by atoms with Gasteiger partial charge >= 0.3 is 0 Å². The summed E-state index contributed by atoms with van der Waals surface area (Å²) < 4.78 is 0. The van der Waals surface area contributed by atoms with Gasteiger partial charge in [-0.3, -0.25) is 4.79 Å². The number of amides is 1. The van der Waals surface area contributed by atoms with Crippen LogP contribution in [0.4, 0.5) is 5.95 Å². The Balaban J connectivity index is 2.06. The molecular formula is C13H17N5OS. The van der Waals surface area contributed by atoms with Crippen LogP contribution in [0.25, 0.3) is 0 Å². The number of anilines is 1. The Morgan fingerprint density at radius 1 is 1.35 bits per heavy atom. The molecule has 2 aromatic rings. The molecule has 2 heterocycles. The lowest BCUT2D eigenvalue weighted by Gasteiger charge is -2.06. The van der Waals surface area contributed by atoms with E-state index in [2.05, 4.69) is 27.2 Å². The molecule has 0 atom stereocenters. The fourth-order valence-electron chi connectivity index (χ4n) is 1.77. The topological polar surface area (TPSA) is 93.8 Å². The first kappa shape index (κ1) is 14.4. The van der Waals surface area contributed by atoms with Crippen LogP contribution in [0.1, 0.15) is 38.6 Å². The second kappa shape index (κ2) is 5.96. The Hall–Kier alpha value is -2.02. The van der Waals surface area contributed by atoms with Gasteiger partial charge in [-0.25, -0.2) is 15.0 Å². The highest BCUT2D eigenvalue weighted by Crippen LogP contribution is 2.18. The Labute approximate surface area is 121 Å². The average Bonchev–Trinajstić information content (AvgIpc) is 2.76. The van der Waals surface area contributed by atoms with Crippen molar-refractivity contribution in [2.24, 2.45) is 0 Å². The standard InChI is InChI=1S/C13H17N5OS/c1-4-11-17-8(3)10(20-11)6-15-12(19)9-5-16-13(14)18-7(9)2/h5H,4,6H2,1-3H3,(H,15,19)(H2,14,16,18). The van der Waals surface area contributed by atoms with Crippen molar-refractivity contribution in [1.29, 1.82) is 0 Å². The highest BCUT2D eigenvalue weighted by atomic mass is 32.1. The largest absolute Gasteiger partial charge is 0.368 e. The van der Waals surface area contributed by atoms with Gasteiger partial charge in [-0.15, -0.1) is 11.3 Å². The van der Waals surface area contributed by atoms with Crippen molar-refractivity contribution < 1.29 is 4.79 Å². The van der Waals surface area contributed by atoms with Gasteiger partial charge in [0, 0.05) is 11.1 Å². The number of aryl methyl sites for hydroxylation is 3. The molecule has 0 aliphatic rings. The zero-order valence-corrected chi connectivity index (χ0v) is 12.5. The van der Waals surface area contributed by atoms with Crippen LogP contribution in [0.2, 0.25) is 0 Å². The normalized spacial score (nSPS) is 10.6. The zero-order chi connectivity index (χ0) is 14.7. The molecule has 0 spiro atoms. The molecule has 0 aromatic carbocycles. The summed E-state index contributed by atoms with van der Waals surface area (Å²) in [6, 6.07) is 0. The molecule has 0 saturated carbocycles. The van der Waals surface area contributed by atoms with Crippen LogP contribution in [0, 0.1) is 13.8 Å². The first-order chi connectivity index (χ1) is 9.51. The number of nitrogens with two attached hydrogens (primary N) is 1. The van der Waals surface area contributed by atoms with E-state index >= 15 is 0 Å². The summed E-state index contributed by atoms with van der Waals surface area (Å²) in [4.78, 5) is 25.4. The van der Waals surface area contributed by atoms with E-state index in [0.29, 0.717) is 17.8 Å². The van der Waals surface area contributed by atoms with Crippen molar-refractivity contribution in [3.05, 3.63) is 33.0 Å². The number of carbonyl (C=O) groups is 1. The van der Waals surface area contributed by atoms with E-state index in [1.54, 1.807) is 18.3 Å². The van der Waals surface area contributed by atoms with Gasteiger partial charge in [0.2, 0.25) is 5.95 Å². The summed E-state index contributed by atoms with van der Waals surface area (Å²) in [6.07, 6.45) is 2.36. The summed E-state index contributed by atoms with van der Waals surface area (Å²) in [5, 5.41) is 3.95. The molecule has 0 bridgehead atoms. The minimum atomic E-state index is -0.201.